The van der Waals surface area contributed by atoms with E-state index >= 15 is 0 Å². The van der Waals surface area contributed by atoms with Gasteiger partial charge >= 0.3 is 13.8 Å². The van der Waals surface area contributed by atoms with Gasteiger partial charge in [0.25, 0.3) is 0 Å². The second-order valence-corrected chi connectivity index (χ2v) is 15.4. The second-order valence-electron chi connectivity index (χ2n) is 13.9. The van der Waals surface area contributed by atoms with Crippen LogP contribution in [0.5, 0.6) is 0 Å². The molecule has 0 aliphatic heterocycles. The molecule has 0 spiro atoms. The zero-order chi connectivity index (χ0) is 38.1. The zero-order valence-corrected chi connectivity index (χ0v) is 34.4. The number of rotatable bonds is 40. The van der Waals surface area contributed by atoms with Crippen LogP contribution < -0.4 is 5.73 Å². The fourth-order valence-corrected chi connectivity index (χ4v) is 6.44. The van der Waals surface area contributed by atoms with Crippen molar-refractivity contribution in [2.24, 2.45) is 5.73 Å². The highest BCUT2D eigenvalue weighted by atomic mass is 31.2. The normalized spacial score (nSPS) is 13.9. The maximum atomic E-state index is 12.5. The molecule has 0 aromatic heterocycles. The Labute approximate surface area is 320 Å². The number of hydrogen-bond donors (Lipinski definition) is 2. The summed E-state index contributed by atoms with van der Waals surface area (Å²) in [6.45, 7) is 4.19. The predicted molar refractivity (Wildman–Crippen MR) is 219 cm³/mol. The molecule has 0 aromatic carbocycles. The van der Waals surface area contributed by atoms with Crippen molar-refractivity contribution in [3.05, 3.63) is 48.8 Å². The van der Waals surface area contributed by atoms with E-state index in [-0.39, 0.29) is 38.8 Å². The van der Waals surface area contributed by atoms with E-state index in [4.69, 9.17) is 24.3 Å². The quantitative estimate of drug-likeness (QED) is 0.0209. The van der Waals surface area contributed by atoms with Crippen LogP contribution in [-0.2, 0) is 27.9 Å². The summed E-state index contributed by atoms with van der Waals surface area (Å²) in [7, 11) is -4.30. The molecular weight excluding hydrogens is 673 g/mol. The highest BCUT2D eigenvalue weighted by molar-refractivity contribution is 7.47. The molecule has 52 heavy (non-hydrogen) atoms. The summed E-state index contributed by atoms with van der Waals surface area (Å²) in [5, 5.41) is 0. The van der Waals surface area contributed by atoms with E-state index in [1.807, 2.05) is 6.08 Å². The SMILES string of the molecule is CCCCCC=CCC=CCC=CCCCCCCC(=O)O[C@H](COC=CCCCCCCCCCCCCCCCC)COP(=O)(O)OCCN. The Morgan fingerprint density at radius 2 is 1.04 bits per heavy atom. The Morgan fingerprint density at radius 3 is 1.58 bits per heavy atom. The van der Waals surface area contributed by atoms with E-state index in [0.29, 0.717) is 0 Å². The Morgan fingerprint density at radius 1 is 0.596 bits per heavy atom. The Hall–Kier alpha value is -1.70. The first-order valence-corrected chi connectivity index (χ1v) is 22.7. The van der Waals surface area contributed by atoms with Crippen LogP contribution in [0.15, 0.2) is 48.8 Å². The summed E-state index contributed by atoms with van der Waals surface area (Å²) in [6, 6.07) is 0. The van der Waals surface area contributed by atoms with Crippen molar-refractivity contribution in [2.75, 3.05) is 26.4 Å². The van der Waals surface area contributed by atoms with E-state index in [1.165, 1.54) is 109 Å². The third-order valence-electron chi connectivity index (χ3n) is 8.81. The molecule has 0 aliphatic rings. The lowest BCUT2D eigenvalue weighted by molar-refractivity contribution is -0.153. The first-order chi connectivity index (χ1) is 25.4. The molecule has 9 heteroatoms. The molecule has 0 radical (unpaired) electrons. The first-order valence-electron chi connectivity index (χ1n) is 21.2. The summed E-state index contributed by atoms with van der Waals surface area (Å²) in [5.74, 6) is -0.373. The van der Waals surface area contributed by atoms with Crippen molar-refractivity contribution < 1.29 is 32.8 Å². The van der Waals surface area contributed by atoms with Crippen LogP contribution in [0, 0.1) is 0 Å². The van der Waals surface area contributed by atoms with E-state index in [2.05, 4.69) is 50.3 Å². The summed E-state index contributed by atoms with van der Waals surface area (Å²) < 4.78 is 33.1. The fraction of sp³-hybridized carbons (Fsp3) is 0.791. The van der Waals surface area contributed by atoms with Crippen molar-refractivity contribution in [1.82, 2.24) is 0 Å². The molecule has 8 nitrogen and oxygen atoms in total. The molecule has 0 aromatic rings. The van der Waals surface area contributed by atoms with Gasteiger partial charge in [0.15, 0.2) is 6.10 Å². The van der Waals surface area contributed by atoms with Crippen molar-refractivity contribution in [3.8, 4) is 0 Å². The van der Waals surface area contributed by atoms with Crippen LogP contribution in [0.1, 0.15) is 187 Å². The van der Waals surface area contributed by atoms with Crippen molar-refractivity contribution in [3.63, 3.8) is 0 Å². The third-order valence-corrected chi connectivity index (χ3v) is 9.80. The molecule has 3 N–H and O–H groups in total. The molecule has 0 amide bonds. The fourth-order valence-electron chi connectivity index (χ4n) is 5.67. The van der Waals surface area contributed by atoms with Gasteiger partial charge in [-0.25, -0.2) is 4.57 Å². The largest absolute Gasteiger partial charge is 0.498 e. The number of nitrogens with two attached hydrogens (primary N) is 1. The van der Waals surface area contributed by atoms with Crippen LogP contribution in [-0.4, -0.2) is 43.3 Å². The summed E-state index contributed by atoms with van der Waals surface area (Å²) in [4.78, 5) is 22.4. The zero-order valence-electron chi connectivity index (χ0n) is 33.5. The molecule has 0 bridgehead atoms. The highest BCUT2D eigenvalue weighted by Crippen LogP contribution is 2.43. The second kappa shape index (κ2) is 40.5. The highest BCUT2D eigenvalue weighted by Gasteiger charge is 2.25. The molecule has 0 heterocycles. The van der Waals surface area contributed by atoms with Crippen LogP contribution in [0.4, 0.5) is 0 Å². The molecular formula is C43H80NO7P. The van der Waals surface area contributed by atoms with Crippen molar-refractivity contribution >= 4 is 13.8 Å². The summed E-state index contributed by atoms with van der Waals surface area (Å²) in [5.41, 5.74) is 5.36. The monoisotopic (exact) mass is 754 g/mol. The number of unbranched alkanes of at least 4 members (excludes halogenated alkanes) is 21. The standard InChI is InChI=1S/C43H80NO7P/c1-3-5-7-9-11-13-15-17-19-21-22-24-26-28-30-32-34-36-43(45)51-42(41-50-52(46,47)49-39-37-44)40-48-38-35-33-31-29-27-25-23-20-18-16-14-12-10-8-6-4-2/h11,13,17,19,22,24,35,38,42H,3-10,12,14-16,18,20-21,23,25-34,36-37,39-41,44H2,1-2H3,(H,46,47)/t42-/m1/s1. The Balaban J connectivity index is 4.14. The average molecular weight is 754 g/mol. The number of ether oxygens (including phenoxy) is 2. The minimum absolute atomic E-state index is 0.0230. The number of carbonyl (C=O) groups excluding carboxylic acids is 1. The Kier molecular flexibility index (Phi) is 39.2. The molecule has 1 unspecified atom stereocenters. The van der Waals surface area contributed by atoms with E-state index in [0.717, 1.165) is 57.8 Å². The van der Waals surface area contributed by atoms with Gasteiger partial charge in [-0.1, -0.05) is 159 Å². The number of phosphoric acid groups is 1. The minimum Gasteiger partial charge on any atom is -0.498 e. The first kappa shape index (κ1) is 50.3. The molecule has 0 saturated carbocycles. The molecule has 0 saturated heterocycles. The topological polar surface area (TPSA) is 117 Å². The van der Waals surface area contributed by atoms with Gasteiger partial charge < -0.3 is 20.1 Å². The van der Waals surface area contributed by atoms with Crippen LogP contribution >= 0.6 is 7.82 Å². The van der Waals surface area contributed by atoms with Gasteiger partial charge in [0.05, 0.1) is 19.5 Å². The number of esters is 1. The van der Waals surface area contributed by atoms with Crippen LogP contribution in [0.3, 0.4) is 0 Å². The number of hydrogen-bond acceptors (Lipinski definition) is 7. The molecule has 2 atom stereocenters. The van der Waals surface area contributed by atoms with Crippen molar-refractivity contribution in [2.45, 2.75) is 193 Å². The molecule has 0 fully saturated rings. The maximum Gasteiger partial charge on any atom is 0.472 e. The number of allylic oxidation sites excluding steroid dienone is 7. The molecule has 304 valence electrons. The van der Waals surface area contributed by atoms with E-state index < -0.39 is 13.9 Å². The predicted octanol–water partition coefficient (Wildman–Crippen LogP) is 12.8. The smallest absolute Gasteiger partial charge is 0.472 e. The number of phosphoric ester groups is 1. The van der Waals surface area contributed by atoms with Gasteiger partial charge in [-0.05, 0) is 63.9 Å². The lowest BCUT2D eigenvalue weighted by Crippen LogP contribution is -2.27. The minimum atomic E-state index is -4.30. The maximum absolute atomic E-state index is 12.5. The van der Waals surface area contributed by atoms with E-state index in [9.17, 15) is 14.3 Å². The Bertz CT molecular complexity index is 936. The van der Waals surface area contributed by atoms with Gasteiger partial charge in [0, 0.05) is 13.0 Å². The van der Waals surface area contributed by atoms with Gasteiger partial charge in [0.2, 0.25) is 0 Å². The lowest BCUT2D eigenvalue weighted by Gasteiger charge is -2.19. The lowest BCUT2D eigenvalue weighted by atomic mass is 10.0. The van der Waals surface area contributed by atoms with Gasteiger partial charge in [-0.2, -0.15) is 0 Å². The number of carbonyl (C=O) groups is 1. The van der Waals surface area contributed by atoms with Crippen LogP contribution in [0.2, 0.25) is 0 Å². The van der Waals surface area contributed by atoms with Crippen LogP contribution in [0.25, 0.3) is 0 Å². The third kappa shape index (κ3) is 39.5. The molecule has 0 rings (SSSR count). The van der Waals surface area contributed by atoms with E-state index in [1.54, 1.807) is 6.26 Å². The van der Waals surface area contributed by atoms with Gasteiger partial charge in [-0.15, -0.1) is 0 Å². The van der Waals surface area contributed by atoms with Gasteiger partial charge in [0.1, 0.15) is 6.61 Å². The summed E-state index contributed by atoms with van der Waals surface area (Å²) >= 11 is 0. The molecule has 0 aliphatic carbocycles. The van der Waals surface area contributed by atoms with Gasteiger partial charge in [-0.3, -0.25) is 13.8 Å². The average Bonchev–Trinajstić information content (AvgIpc) is 3.13. The van der Waals surface area contributed by atoms with Crippen molar-refractivity contribution in [1.29, 1.82) is 0 Å². The summed E-state index contributed by atoms with van der Waals surface area (Å²) in [6.07, 6.45) is 47.9.